The van der Waals surface area contributed by atoms with Crippen molar-refractivity contribution in [1.82, 2.24) is 10.3 Å². The zero-order valence-corrected chi connectivity index (χ0v) is 19.7. The van der Waals surface area contributed by atoms with Crippen LogP contribution in [0.25, 0.3) is 11.6 Å². The van der Waals surface area contributed by atoms with Gasteiger partial charge in [0.05, 0.1) is 29.1 Å². The molecule has 3 amide bonds. The molecule has 0 bridgehead atoms. The first-order valence-electron chi connectivity index (χ1n) is 10.4. The molecule has 0 saturated carbocycles. The van der Waals surface area contributed by atoms with Gasteiger partial charge in [0.25, 0.3) is 11.8 Å². The Labute approximate surface area is 197 Å². The van der Waals surface area contributed by atoms with E-state index < -0.39 is 17.6 Å². The number of aryl methyl sites for hydroxylation is 1. The Morgan fingerprint density at radius 1 is 1.18 bits per heavy atom. The Kier molecular flexibility index (Phi) is 6.22. The van der Waals surface area contributed by atoms with Crippen molar-refractivity contribution in [2.75, 3.05) is 22.9 Å². The average molecular weight is 479 g/mol. The number of nitrogen functional groups attached to an aromatic ring is 1. The maximum atomic E-state index is 13.7. The van der Waals surface area contributed by atoms with Crippen LogP contribution in [0.3, 0.4) is 0 Å². The monoisotopic (exact) mass is 479 g/mol. The second-order valence-electron chi connectivity index (χ2n) is 7.94. The van der Waals surface area contributed by atoms with Crippen LogP contribution in [0.2, 0.25) is 0 Å². The summed E-state index contributed by atoms with van der Waals surface area (Å²) < 4.78 is 13.7. The van der Waals surface area contributed by atoms with E-state index in [1.807, 2.05) is 0 Å². The summed E-state index contributed by atoms with van der Waals surface area (Å²) in [6.45, 7) is 3.20. The van der Waals surface area contributed by atoms with Gasteiger partial charge in [-0.15, -0.1) is 9.24 Å². The minimum absolute atomic E-state index is 0.254. The van der Waals surface area contributed by atoms with Crippen LogP contribution in [-0.2, 0) is 9.59 Å². The Hall–Kier alpha value is -3.97. The highest BCUT2D eigenvalue weighted by Crippen LogP contribution is 2.34. The van der Waals surface area contributed by atoms with Crippen LogP contribution < -0.4 is 27.0 Å². The van der Waals surface area contributed by atoms with Crippen LogP contribution in [0.5, 0.6) is 0 Å². The van der Waals surface area contributed by atoms with E-state index >= 15 is 0 Å². The summed E-state index contributed by atoms with van der Waals surface area (Å²) >= 11 is 0. The molecule has 0 fully saturated rings. The Morgan fingerprint density at radius 2 is 1.94 bits per heavy atom. The van der Waals surface area contributed by atoms with Gasteiger partial charge in [0, 0.05) is 22.6 Å². The van der Waals surface area contributed by atoms with Gasteiger partial charge in [-0.2, -0.15) is 0 Å². The summed E-state index contributed by atoms with van der Waals surface area (Å²) in [6.07, 6.45) is 1.59. The van der Waals surface area contributed by atoms with Crippen LogP contribution in [0.1, 0.15) is 32.9 Å². The van der Waals surface area contributed by atoms with Crippen molar-refractivity contribution in [2.24, 2.45) is 0 Å². The molecule has 10 heteroatoms. The Bertz CT molecular complexity index is 1380. The molecule has 174 valence electrons. The highest BCUT2D eigenvalue weighted by molar-refractivity contribution is 7.27. The largest absolute Gasteiger partial charge is 0.397 e. The maximum absolute atomic E-state index is 13.7. The van der Waals surface area contributed by atoms with Crippen molar-refractivity contribution in [3.63, 3.8) is 0 Å². The molecule has 0 spiro atoms. The lowest BCUT2D eigenvalue weighted by atomic mass is 10.0. The molecular formula is C24H23FN5O3P. The third kappa shape index (κ3) is 4.56. The molecule has 1 aliphatic heterocycles. The topological polar surface area (TPSA) is 129 Å². The fourth-order valence-electron chi connectivity index (χ4n) is 3.85. The molecule has 2 aromatic carbocycles. The minimum Gasteiger partial charge on any atom is -0.397 e. The fourth-order valence-corrected chi connectivity index (χ4v) is 4.12. The zero-order valence-electron chi connectivity index (χ0n) is 18.5. The number of hydrogen-bond donors (Lipinski definition) is 5. The van der Waals surface area contributed by atoms with Crippen LogP contribution in [-0.4, -0.2) is 29.3 Å². The SMILES string of the molecule is Cc1[nH]c(/C=C2\C(=O)Nc3ccc(F)cc32)c(C)c1C(=O)NCC(=O)Nc1ccc(P)cc1N. The lowest BCUT2D eigenvalue weighted by Crippen LogP contribution is -2.33. The van der Waals surface area contributed by atoms with Crippen LogP contribution >= 0.6 is 9.24 Å². The van der Waals surface area contributed by atoms with Gasteiger partial charge in [-0.25, -0.2) is 4.39 Å². The normalized spacial score (nSPS) is 13.5. The highest BCUT2D eigenvalue weighted by atomic mass is 31.0. The zero-order chi connectivity index (χ0) is 24.6. The number of aromatic nitrogens is 1. The number of rotatable bonds is 5. The van der Waals surface area contributed by atoms with Gasteiger partial charge in [0.2, 0.25) is 5.91 Å². The number of anilines is 3. The van der Waals surface area contributed by atoms with E-state index in [0.29, 0.717) is 50.7 Å². The minimum atomic E-state index is -0.454. The van der Waals surface area contributed by atoms with E-state index in [2.05, 4.69) is 30.2 Å². The predicted molar refractivity (Wildman–Crippen MR) is 134 cm³/mol. The molecule has 6 N–H and O–H groups in total. The molecule has 4 rings (SSSR count). The predicted octanol–water partition coefficient (Wildman–Crippen LogP) is 2.71. The first kappa shape index (κ1) is 23.2. The first-order valence-corrected chi connectivity index (χ1v) is 11.0. The first-order chi connectivity index (χ1) is 16.1. The van der Waals surface area contributed by atoms with E-state index in [4.69, 9.17) is 5.73 Å². The summed E-state index contributed by atoms with van der Waals surface area (Å²) in [7, 11) is 2.52. The van der Waals surface area contributed by atoms with Crippen LogP contribution in [0, 0.1) is 19.7 Å². The number of amides is 3. The molecule has 34 heavy (non-hydrogen) atoms. The van der Waals surface area contributed by atoms with Crippen molar-refractivity contribution < 1.29 is 18.8 Å². The van der Waals surface area contributed by atoms with Crippen molar-refractivity contribution in [2.45, 2.75) is 13.8 Å². The smallest absolute Gasteiger partial charge is 0.256 e. The number of halogens is 1. The Balaban J connectivity index is 1.50. The van der Waals surface area contributed by atoms with Crippen molar-refractivity contribution in [3.8, 4) is 0 Å². The van der Waals surface area contributed by atoms with E-state index in [1.165, 1.54) is 18.2 Å². The molecule has 1 atom stereocenters. The molecule has 1 aromatic heterocycles. The van der Waals surface area contributed by atoms with Crippen molar-refractivity contribution in [3.05, 3.63) is 70.3 Å². The molecule has 8 nitrogen and oxygen atoms in total. The summed E-state index contributed by atoms with van der Waals surface area (Å²) in [5.74, 6) is -1.68. The Morgan fingerprint density at radius 3 is 2.68 bits per heavy atom. The number of nitrogens with two attached hydrogens (primary N) is 1. The summed E-state index contributed by atoms with van der Waals surface area (Å²) in [4.78, 5) is 40.6. The van der Waals surface area contributed by atoms with Gasteiger partial charge in [-0.05, 0) is 61.1 Å². The van der Waals surface area contributed by atoms with Gasteiger partial charge >= 0.3 is 0 Å². The molecule has 3 aromatic rings. The van der Waals surface area contributed by atoms with Gasteiger partial charge in [0.15, 0.2) is 0 Å². The number of carbonyl (C=O) groups excluding carboxylic acids is 3. The van der Waals surface area contributed by atoms with Gasteiger partial charge in [-0.3, -0.25) is 14.4 Å². The standard InChI is InChI=1S/C24H23FN5O3P/c1-11-20(9-16-15-7-13(25)3-5-18(15)30-23(16)32)28-12(2)22(11)24(33)27-10-21(31)29-19-6-4-14(34)8-17(19)26/h3-9,28H,10,26,34H2,1-2H3,(H,27,33)(H,29,31)(H,30,32)/b16-9-. The number of hydrogen-bond acceptors (Lipinski definition) is 4. The summed E-state index contributed by atoms with van der Waals surface area (Å²) in [5, 5.41) is 8.85. The van der Waals surface area contributed by atoms with Gasteiger partial charge in [-0.1, -0.05) is 6.07 Å². The average Bonchev–Trinajstić information content (AvgIpc) is 3.23. The molecule has 0 aliphatic carbocycles. The molecular weight excluding hydrogens is 456 g/mol. The van der Waals surface area contributed by atoms with E-state index in [0.717, 1.165) is 5.30 Å². The quantitative estimate of drug-likeness (QED) is 0.219. The summed E-state index contributed by atoms with van der Waals surface area (Å²) in [6, 6.07) is 9.24. The van der Waals surface area contributed by atoms with Crippen molar-refractivity contribution >= 4 is 61.0 Å². The second-order valence-corrected chi connectivity index (χ2v) is 8.61. The van der Waals surface area contributed by atoms with E-state index in [9.17, 15) is 18.8 Å². The van der Waals surface area contributed by atoms with E-state index in [-0.39, 0.29) is 12.5 Å². The van der Waals surface area contributed by atoms with Crippen LogP contribution in [0.4, 0.5) is 21.5 Å². The number of nitrogens with one attached hydrogen (secondary N) is 4. The number of benzene rings is 2. The third-order valence-electron chi connectivity index (χ3n) is 5.52. The molecule has 2 heterocycles. The molecule has 1 aliphatic rings. The highest BCUT2D eigenvalue weighted by Gasteiger charge is 2.26. The molecule has 1 unspecified atom stereocenters. The maximum Gasteiger partial charge on any atom is 0.256 e. The van der Waals surface area contributed by atoms with Crippen molar-refractivity contribution in [1.29, 1.82) is 0 Å². The number of aromatic amines is 1. The van der Waals surface area contributed by atoms with E-state index in [1.54, 1.807) is 38.1 Å². The molecule has 0 radical (unpaired) electrons. The number of carbonyl (C=O) groups is 3. The second kappa shape index (κ2) is 9.11. The molecule has 0 saturated heterocycles. The van der Waals surface area contributed by atoms with Crippen LogP contribution in [0.15, 0.2) is 36.4 Å². The third-order valence-corrected chi connectivity index (χ3v) is 5.87. The van der Waals surface area contributed by atoms with Gasteiger partial charge < -0.3 is 26.7 Å². The van der Waals surface area contributed by atoms with Gasteiger partial charge in [0.1, 0.15) is 5.82 Å². The lowest BCUT2D eigenvalue weighted by molar-refractivity contribution is -0.115. The lowest BCUT2D eigenvalue weighted by Gasteiger charge is -2.10. The number of fused-ring (bicyclic) bond motifs is 1. The number of H-pyrrole nitrogens is 1. The fraction of sp³-hybridized carbons (Fsp3) is 0.125. The summed E-state index contributed by atoms with van der Waals surface area (Å²) in [5.41, 5.74) is 10.1.